The van der Waals surface area contributed by atoms with Crippen LogP contribution in [-0.4, -0.2) is 27.1 Å². The highest BCUT2D eigenvalue weighted by Crippen LogP contribution is 2.38. The van der Waals surface area contributed by atoms with Crippen LogP contribution in [0.1, 0.15) is 31.5 Å². The number of hydrogen-bond donors (Lipinski definition) is 0. The lowest BCUT2D eigenvalue weighted by Gasteiger charge is -1.97. The normalized spacial score (nSPS) is 24.5. The van der Waals surface area contributed by atoms with Gasteiger partial charge in [-0.2, -0.15) is 5.10 Å². The van der Waals surface area contributed by atoms with Crippen molar-refractivity contribution in [2.24, 2.45) is 0 Å². The summed E-state index contributed by atoms with van der Waals surface area (Å²) in [6.45, 7) is 4.10. The van der Waals surface area contributed by atoms with Gasteiger partial charge in [0.1, 0.15) is 11.9 Å². The lowest BCUT2D eigenvalue weighted by Crippen LogP contribution is -2.26. The van der Waals surface area contributed by atoms with Crippen molar-refractivity contribution in [3.05, 3.63) is 16.3 Å². The predicted molar refractivity (Wildman–Crippen MR) is 53.9 cm³/mol. The molecule has 1 unspecified atom stereocenters. The fourth-order valence-electron chi connectivity index (χ4n) is 1.88. The van der Waals surface area contributed by atoms with Crippen LogP contribution in [0.2, 0.25) is 0 Å². The van der Waals surface area contributed by atoms with Crippen LogP contribution in [0.15, 0.2) is 4.79 Å². The molecule has 15 heavy (non-hydrogen) atoms. The highest BCUT2D eigenvalue weighted by atomic mass is 16.6. The lowest BCUT2D eigenvalue weighted by atomic mass is 10.4. The standard InChI is InChI=1S/C10H15N3O2/c1-2-12-9(7-3-4-7)11-13(10(12)14)5-8-6-15-8/h7-8H,2-6H2,1H3. The molecule has 1 aliphatic heterocycles. The average Bonchev–Trinajstić information content (AvgIpc) is 3.10. The van der Waals surface area contributed by atoms with Crippen molar-refractivity contribution < 1.29 is 4.74 Å². The van der Waals surface area contributed by atoms with Crippen molar-refractivity contribution in [2.75, 3.05) is 6.61 Å². The van der Waals surface area contributed by atoms with E-state index in [0.29, 0.717) is 12.5 Å². The molecule has 1 aromatic heterocycles. The molecule has 2 fully saturated rings. The molecule has 1 aliphatic carbocycles. The Balaban J connectivity index is 1.95. The maximum atomic E-state index is 11.9. The van der Waals surface area contributed by atoms with E-state index in [0.717, 1.165) is 19.0 Å². The Kier molecular flexibility index (Phi) is 1.95. The second-order valence-corrected chi connectivity index (χ2v) is 4.30. The number of nitrogens with zero attached hydrogens (tertiary/aromatic N) is 3. The van der Waals surface area contributed by atoms with E-state index in [-0.39, 0.29) is 11.8 Å². The quantitative estimate of drug-likeness (QED) is 0.672. The van der Waals surface area contributed by atoms with E-state index < -0.39 is 0 Å². The first kappa shape index (κ1) is 9.15. The van der Waals surface area contributed by atoms with Crippen molar-refractivity contribution in [3.8, 4) is 0 Å². The number of aromatic nitrogens is 3. The predicted octanol–water partition coefficient (Wildman–Crippen LogP) is 0.341. The molecule has 0 spiro atoms. The van der Waals surface area contributed by atoms with E-state index in [4.69, 9.17) is 4.74 Å². The van der Waals surface area contributed by atoms with Gasteiger partial charge in [-0.3, -0.25) is 4.57 Å². The molecular formula is C10H15N3O2. The number of rotatable bonds is 4. The molecule has 3 rings (SSSR count). The Hall–Kier alpha value is -1.10. The summed E-state index contributed by atoms with van der Waals surface area (Å²) in [6.07, 6.45) is 2.57. The van der Waals surface area contributed by atoms with E-state index in [1.54, 1.807) is 9.25 Å². The number of epoxide rings is 1. The fourth-order valence-corrected chi connectivity index (χ4v) is 1.88. The van der Waals surface area contributed by atoms with Gasteiger partial charge in [-0.25, -0.2) is 9.48 Å². The minimum atomic E-state index is 0.0231. The van der Waals surface area contributed by atoms with Crippen molar-refractivity contribution in [2.45, 2.75) is 44.9 Å². The Bertz CT molecular complexity index is 426. The first-order valence-corrected chi connectivity index (χ1v) is 5.58. The van der Waals surface area contributed by atoms with Gasteiger partial charge in [-0.05, 0) is 19.8 Å². The SMILES string of the molecule is CCn1c(C2CC2)nn(CC2CO2)c1=O. The van der Waals surface area contributed by atoms with Crippen molar-refractivity contribution in [1.82, 2.24) is 14.3 Å². The summed E-state index contributed by atoms with van der Waals surface area (Å²) in [5.74, 6) is 1.50. The summed E-state index contributed by atoms with van der Waals surface area (Å²) in [5.41, 5.74) is 0.0231. The molecule has 5 heteroatoms. The van der Waals surface area contributed by atoms with Crippen LogP contribution in [-0.2, 0) is 17.8 Å². The molecule has 1 atom stereocenters. The zero-order valence-corrected chi connectivity index (χ0v) is 8.85. The smallest absolute Gasteiger partial charge is 0.346 e. The molecule has 82 valence electrons. The van der Waals surface area contributed by atoms with Crippen LogP contribution in [0, 0.1) is 0 Å². The molecule has 1 saturated carbocycles. The molecule has 2 heterocycles. The van der Waals surface area contributed by atoms with Gasteiger partial charge in [0, 0.05) is 12.5 Å². The summed E-state index contributed by atoms with van der Waals surface area (Å²) < 4.78 is 8.47. The second-order valence-electron chi connectivity index (χ2n) is 4.30. The zero-order valence-electron chi connectivity index (χ0n) is 8.85. The molecule has 0 N–H and O–H groups in total. The molecule has 0 radical (unpaired) electrons. The summed E-state index contributed by atoms with van der Waals surface area (Å²) in [5, 5.41) is 4.41. The molecule has 0 aromatic carbocycles. The Morgan fingerprint density at radius 3 is 2.80 bits per heavy atom. The molecule has 1 aromatic rings. The van der Waals surface area contributed by atoms with Gasteiger partial charge in [-0.1, -0.05) is 0 Å². The topological polar surface area (TPSA) is 52.4 Å². The summed E-state index contributed by atoms with van der Waals surface area (Å²) in [7, 11) is 0. The summed E-state index contributed by atoms with van der Waals surface area (Å²) in [6, 6.07) is 0. The first-order chi connectivity index (χ1) is 7.29. The van der Waals surface area contributed by atoms with Crippen LogP contribution in [0.5, 0.6) is 0 Å². The number of ether oxygens (including phenoxy) is 1. The van der Waals surface area contributed by atoms with Gasteiger partial charge >= 0.3 is 5.69 Å². The monoisotopic (exact) mass is 209 g/mol. The van der Waals surface area contributed by atoms with Gasteiger partial charge in [0.05, 0.1) is 13.2 Å². The molecule has 1 saturated heterocycles. The zero-order chi connectivity index (χ0) is 10.4. The Morgan fingerprint density at radius 1 is 1.53 bits per heavy atom. The highest BCUT2D eigenvalue weighted by molar-refractivity contribution is 5.05. The van der Waals surface area contributed by atoms with Crippen LogP contribution >= 0.6 is 0 Å². The van der Waals surface area contributed by atoms with Crippen LogP contribution in [0.4, 0.5) is 0 Å². The lowest BCUT2D eigenvalue weighted by molar-refractivity contribution is 0.369. The summed E-state index contributed by atoms with van der Waals surface area (Å²) >= 11 is 0. The highest BCUT2D eigenvalue weighted by Gasteiger charge is 2.32. The van der Waals surface area contributed by atoms with Gasteiger partial charge < -0.3 is 4.74 Å². The van der Waals surface area contributed by atoms with Gasteiger partial charge in [0.2, 0.25) is 0 Å². The molecule has 5 nitrogen and oxygen atoms in total. The molecular weight excluding hydrogens is 194 g/mol. The Morgan fingerprint density at radius 2 is 2.27 bits per heavy atom. The molecule has 0 amide bonds. The van der Waals surface area contributed by atoms with E-state index in [1.165, 1.54) is 12.8 Å². The van der Waals surface area contributed by atoms with E-state index in [2.05, 4.69) is 5.10 Å². The fraction of sp³-hybridized carbons (Fsp3) is 0.800. The van der Waals surface area contributed by atoms with E-state index in [9.17, 15) is 4.79 Å². The van der Waals surface area contributed by atoms with Gasteiger partial charge in [0.25, 0.3) is 0 Å². The van der Waals surface area contributed by atoms with Gasteiger partial charge in [-0.15, -0.1) is 0 Å². The van der Waals surface area contributed by atoms with Crippen LogP contribution in [0.25, 0.3) is 0 Å². The maximum Gasteiger partial charge on any atom is 0.346 e. The van der Waals surface area contributed by atoms with Crippen LogP contribution in [0.3, 0.4) is 0 Å². The van der Waals surface area contributed by atoms with Crippen LogP contribution < -0.4 is 5.69 Å². The van der Waals surface area contributed by atoms with Crippen molar-refractivity contribution >= 4 is 0 Å². The minimum Gasteiger partial charge on any atom is -0.371 e. The third-order valence-corrected chi connectivity index (χ3v) is 2.99. The van der Waals surface area contributed by atoms with E-state index >= 15 is 0 Å². The minimum absolute atomic E-state index is 0.0231. The largest absolute Gasteiger partial charge is 0.371 e. The third kappa shape index (κ3) is 1.61. The van der Waals surface area contributed by atoms with Crippen molar-refractivity contribution in [1.29, 1.82) is 0 Å². The number of hydrogen-bond acceptors (Lipinski definition) is 3. The van der Waals surface area contributed by atoms with E-state index in [1.807, 2.05) is 6.92 Å². The maximum absolute atomic E-state index is 11.9. The summed E-state index contributed by atoms with van der Waals surface area (Å²) in [4.78, 5) is 11.9. The first-order valence-electron chi connectivity index (χ1n) is 5.58. The molecule has 0 bridgehead atoms. The third-order valence-electron chi connectivity index (χ3n) is 2.99. The molecule has 2 aliphatic rings. The van der Waals surface area contributed by atoms with Crippen molar-refractivity contribution in [3.63, 3.8) is 0 Å². The Labute approximate surface area is 87.7 Å². The average molecular weight is 209 g/mol. The van der Waals surface area contributed by atoms with Gasteiger partial charge in [0.15, 0.2) is 0 Å². The second kappa shape index (κ2) is 3.20.